The van der Waals surface area contributed by atoms with Crippen LogP contribution in [0.5, 0.6) is 0 Å². The van der Waals surface area contributed by atoms with E-state index in [9.17, 15) is 4.79 Å². The van der Waals surface area contributed by atoms with Crippen molar-refractivity contribution in [3.63, 3.8) is 0 Å². The van der Waals surface area contributed by atoms with E-state index < -0.39 is 0 Å². The topological polar surface area (TPSA) is 58.1 Å². The van der Waals surface area contributed by atoms with Gasteiger partial charge in [0.2, 0.25) is 11.0 Å². The lowest BCUT2D eigenvalue weighted by molar-refractivity contribution is -0.117. The fourth-order valence-corrected chi connectivity index (χ4v) is 4.08. The van der Waals surface area contributed by atoms with Gasteiger partial charge in [-0.3, -0.25) is 4.79 Å². The zero-order valence-corrected chi connectivity index (χ0v) is 16.2. The molecule has 1 unspecified atom stereocenters. The summed E-state index contributed by atoms with van der Waals surface area (Å²) < 4.78 is 0.811. The first-order valence-corrected chi connectivity index (χ1v) is 9.81. The van der Waals surface area contributed by atoms with Crippen LogP contribution in [-0.2, 0) is 4.79 Å². The molecule has 0 aliphatic rings. The maximum Gasteiger partial charge on any atom is 0.240 e. The zero-order chi connectivity index (χ0) is 17.5. The molecule has 1 atom stereocenters. The van der Waals surface area contributed by atoms with Gasteiger partial charge in [-0.15, -0.1) is 10.2 Å². The normalized spacial score (nSPS) is 12.2. The van der Waals surface area contributed by atoms with E-state index in [1.54, 1.807) is 4.90 Å². The van der Waals surface area contributed by atoms with Crippen LogP contribution in [0.4, 0.5) is 10.8 Å². The van der Waals surface area contributed by atoms with Gasteiger partial charge in [-0.25, -0.2) is 0 Å². The Bertz CT molecular complexity index is 645. The second-order valence-electron chi connectivity index (χ2n) is 5.83. The van der Waals surface area contributed by atoms with Crippen LogP contribution in [0, 0.1) is 5.92 Å². The molecule has 1 heterocycles. The van der Waals surface area contributed by atoms with E-state index in [-0.39, 0.29) is 11.2 Å². The van der Waals surface area contributed by atoms with Crippen LogP contribution in [-0.4, -0.2) is 34.4 Å². The molecule has 1 aromatic heterocycles. The van der Waals surface area contributed by atoms with Gasteiger partial charge in [0, 0.05) is 18.8 Å². The Morgan fingerprint density at radius 2 is 1.96 bits per heavy atom. The Kier molecular flexibility index (Phi) is 7.05. The van der Waals surface area contributed by atoms with E-state index in [0.29, 0.717) is 12.5 Å². The summed E-state index contributed by atoms with van der Waals surface area (Å²) in [6.07, 6.45) is 0. The quantitative estimate of drug-likeness (QED) is 0.714. The summed E-state index contributed by atoms with van der Waals surface area (Å²) in [5, 5.41) is 12.2. The summed E-state index contributed by atoms with van der Waals surface area (Å²) in [7, 11) is 0. The molecule has 0 fully saturated rings. The van der Waals surface area contributed by atoms with Gasteiger partial charge < -0.3 is 10.2 Å². The molecule has 1 N–H and O–H groups in total. The molecule has 130 valence electrons. The molecule has 0 saturated heterocycles. The van der Waals surface area contributed by atoms with Crippen molar-refractivity contribution in [3.05, 3.63) is 30.3 Å². The zero-order valence-electron chi connectivity index (χ0n) is 14.5. The molecule has 7 heteroatoms. The van der Waals surface area contributed by atoms with Gasteiger partial charge in [0.05, 0.1) is 5.25 Å². The third-order valence-electron chi connectivity index (χ3n) is 3.34. The molecule has 2 rings (SSSR count). The highest BCUT2D eigenvalue weighted by atomic mass is 32.2. The summed E-state index contributed by atoms with van der Waals surface area (Å²) in [5.41, 5.74) is 0.925. The molecule has 0 bridgehead atoms. The van der Waals surface area contributed by atoms with E-state index in [1.165, 1.54) is 23.1 Å². The highest BCUT2D eigenvalue weighted by Crippen LogP contribution is 2.30. The summed E-state index contributed by atoms with van der Waals surface area (Å²) in [6, 6.07) is 9.75. The third-order valence-corrected chi connectivity index (χ3v) is 5.40. The summed E-state index contributed by atoms with van der Waals surface area (Å²) in [4.78, 5) is 14.5. The Morgan fingerprint density at radius 3 is 2.58 bits per heavy atom. The number of carbonyl (C=O) groups excluding carboxylic acids is 1. The van der Waals surface area contributed by atoms with Crippen LogP contribution in [0.25, 0.3) is 0 Å². The number of carbonyl (C=O) groups is 1. The van der Waals surface area contributed by atoms with Crippen molar-refractivity contribution in [2.75, 3.05) is 23.3 Å². The number of anilines is 2. The van der Waals surface area contributed by atoms with Gasteiger partial charge in [-0.05, 0) is 31.9 Å². The van der Waals surface area contributed by atoms with Crippen LogP contribution < -0.4 is 10.2 Å². The molecule has 24 heavy (non-hydrogen) atoms. The van der Waals surface area contributed by atoms with Gasteiger partial charge in [0.15, 0.2) is 4.34 Å². The predicted octanol–water partition coefficient (Wildman–Crippen LogP) is 4.14. The second kappa shape index (κ2) is 9.03. The largest absolute Gasteiger partial charge is 0.360 e. The van der Waals surface area contributed by atoms with Crippen molar-refractivity contribution in [1.82, 2.24) is 10.2 Å². The van der Waals surface area contributed by atoms with Crippen molar-refractivity contribution < 1.29 is 4.79 Å². The van der Waals surface area contributed by atoms with Gasteiger partial charge in [-0.1, -0.05) is 55.1 Å². The molecule has 0 spiro atoms. The first kappa shape index (κ1) is 18.7. The molecule has 0 aliphatic heterocycles. The highest BCUT2D eigenvalue weighted by molar-refractivity contribution is 8.02. The van der Waals surface area contributed by atoms with E-state index in [0.717, 1.165) is 21.7 Å². The van der Waals surface area contributed by atoms with Crippen LogP contribution >= 0.6 is 23.1 Å². The lowest BCUT2D eigenvalue weighted by Crippen LogP contribution is -2.36. The SMILES string of the molecule is CCN(C(=O)C(C)Sc1nnc(NCC(C)C)s1)c1ccccc1. The lowest BCUT2D eigenvalue weighted by atomic mass is 10.2. The molecule has 1 amide bonds. The van der Waals surface area contributed by atoms with Crippen molar-refractivity contribution in [2.24, 2.45) is 5.92 Å². The molecular weight excluding hydrogens is 340 g/mol. The minimum atomic E-state index is -0.212. The number of amides is 1. The smallest absolute Gasteiger partial charge is 0.240 e. The van der Waals surface area contributed by atoms with Gasteiger partial charge in [0.25, 0.3) is 0 Å². The number of nitrogens with zero attached hydrogens (tertiary/aromatic N) is 3. The Labute approximate surface area is 151 Å². The van der Waals surface area contributed by atoms with Gasteiger partial charge in [-0.2, -0.15) is 0 Å². The lowest BCUT2D eigenvalue weighted by Gasteiger charge is -2.23. The van der Waals surface area contributed by atoms with Crippen molar-refractivity contribution in [1.29, 1.82) is 0 Å². The fraction of sp³-hybridized carbons (Fsp3) is 0.471. The maximum absolute atomic E-state index is 12.7. The van der Waals surface area contributed by atoms with Crippen molar-refractivity contribution in [3.8, 4) is 0 Å². The summed E-state index contributed by atoms with van der Waals surface area (Å²) >= 11 is 2.95. The van der Waals surface area contributed by atoms with Gasteiger partial charge >= 0.3 is 0 Å². The molecule has 1 aromatic carbocycles. The minimum absolute atomic E-state index is 0.0839. The van der Waals surface area contributed by atoms with E-state index >= 15 is 0 Å². The molecular formula is C17H24N4OS2. The van der Waals surface area contributed by atoms with Gasteiger partial charge in [0.1, 0.15) is 0 Å². The summed E-state index contributed by atoms with van der Waals surface area (Å²) in [6.45, 7) is 9.71. The number of para-hydroxylation sites is 1. The number of benzene rings is 1. The van der Waals surface area contributed by atoms with Crippen molar-refractivity contribution in [2.45, 2.75) is 37.3 Å². The van der Waals surface area contributed by atoms with E-state index in [2.05, 4.69) is 29.4 Å². The Morgan fingerprint density at radius 1 is 1.25 bits per heavy atom. The number of aromatic nitrogens is 2. The molecule has 0 saturated carbocycles. The molecule has 0 radical (unpaired) electrons. The highest BCUT2D eigenvalue weighted by Gasteiger charge is 2.23. The molecule has 5 nitrogen and oxygen atoms in total. The molecule has 0 aliphatic carbocycles. The number of thioether (sulfide) groups is 1. The first-order chi connectivity index (χ1) is 11.5. The van der Waals surface area contributed by atoms with Crippen LogP contribution in [0.1, 0.15) is 27.7 Å². The average molecular weight is 365 g/mol. The Balaban J connectivity index is 1.98. The number of nitrogens with one attached hydrogen (secondary N) is 1. The van der Waals surface area contributed by atoms with E-state index in [4.69, 9.17) is 0 Å². The maximum atomic E-state index is 12.7. The standard InChI is InChI=1S/C17H24N4OS2/c1-5-21(14-9-7-6-8-10-14)15(22)13(4)23-17-20-19-16(24-17)18-11-12(2)3/h6-10,12-13H,5,11H2,1-4H3,(H,18,19). The van der Waals surface area contributed by atoms with Crippen LogP contribution in [0.3, 0.4) is 0 Å². The average Bonchev–Trinajstić information content (AvgIpc) is 3.02. The first-order valence-electron chi connectivity index (χ1n) is 8.11. The third kappa shape index (κ3) is 5.21. The van der Waals surface area contributed by atoms with Crippen molar-refractivity contribution >= 4 is 39.8 Å². The monoisotopic (exact) mass is 364 g/mol. The second-order valence-corrected chi connectivity index (χ2v) is 8.39. The number of hydrogen-bond donors (Lipinski definition) is 1. The molecule has 2 aromatic rings. The number of rotatable bonds is 8. The van der Waals surface area contributed by atoms with Crippen LogP contribution in [0.15, 0.2) is 34.7 Å². The van der Waals surface area contributed by atoms with Crippen LogP contribution in [0.2, 0.25) is 0 Å². The van der Waals surface area contributed by atoms with E-state index in [1.807, 2.05) is 44.2 Å². The fourth-order valence-electron chi connectivity index (χ4n) is 2.11. The predicted molar refractivity (Wildman–Crippen MR) is 103 cm³/mol. The summed E-state index contributed by atoms with van der Waals surface area (Å²) in [5.74, 6) is 0.634. The minimum Gasteiger partial charge on any atom is -0.360 e. The number of hydrogen-bond acceptors (Lipinski definition) is 6. The Hall–Kier alpha value is -1.60.